The van der Waals surface area contributed by atoms with Gasteiger partial charge in [-0.1, -0.05) is 48.5 Å². The molecule has 0 amide bonds. The lowest BCUT2D eigenvalue weighted by Gasteiger charge is -2.28. The van der Waals surface area contributed by atoms with Gasteiger partial charge in [-0.15, -0.1) is 0 Å². The molecule has 0 heterocycles. The highest BCUT2D eigenvalue weighted by Crippen LogP contribution is 2.41. The molecule has 0 fully saturated rings. The predicted octanol–water partition coefficient (Wildman–Crippen LogP) is 10.9. The van der Waals surface area contributed by atoms with Gasteiger partial charge in [0, 0.05) is 34.1 Å². The minimum atomic E-state index is 0.838. The maximum atomic E-state index is 5.41. The summed E-state index contributed by atoms with van der Waals surface area (Å²) in [7, 11) is 3.39. The average Bonchev–Trinajstić information content (AvgIpc) is 3.08. The van der Waals surface area contributed by atoms with Gasteiger partial charge < -0.3 is 19.3 Å². The highest BCUT2D eigenvalue weighted by Gasteiger charge is 2.18. The van der Waals surface area contributed by atoms with Crippen LogP contribution in [0.1, 0.15) is 11.1 Å². The Labute approximate surface area is 260 Å². The Morgan fingerprint density at radius 2 is 0.727 bits per heavy atom. The van der Waals surface area contributed by atoms with Gasteiger partial charge in [0.2, 0.25) is 0 Å². The first kappa shape index (κ1) is 28.6. The van der Waals surface area contributed by atoms with Gasteiger partial charge in [0.05, 0.1) is 14.2 Å². The molecule has 0 atom stereocenters. The van der Waals surface area contributed by atoms with Gasteiger partial charge in [0.1, 0.15) is 11.5 Å². The van der Waals surface area contributed by atoms with E-state index in [0.29, 0.717) is 0 Å². The molecule has 0 aromatic heterocycles. The largest absolute Gasteiger partial charge is 0.497 e. The molecule has 0 N–H and O–H groups in total. The third-order valence-electron chi connectivity index (χ3n) is 7.90. The monoisotopic (exact) mass is 576 g/mol. The van der Waals surface area contributed by atoms with E-state index in [-0.39, 0.29) is 0 Å². The molecule has 0 saturated heterocycles. The smallest absolute Gasteiger partial charge is 0.119 e. The van der Waals surface area contributed by atoms with Crippen LogP contribution in [0, 0.1) is 13.8 Å². The van der Waals surface area contributed by atoms with Crippen molar-refractivity contribution in [2.75, 3.05) is 24.0 Å². The van der Waals surface area contributed by atoms with E-state index in [4.69, 9.17) is 9.47 Å². The number of hydrogen-bond acceptors (Lipinski definition) is 4. The molecule has 6 rings (SSSR count). The minimum absolute atomic E-state index is 0.838. The number of rotatable bonds is 9. The van der Waals surface area contributed by atoms with Crippen LogP contribution in [-0.4, -0.2) is 14.2 Å². The first-order chi connectivity index (χ1) is 21.6. The molecule has 0 spiro atoms. The molecule has 0 aliphatic carbocycles. The van der Waals surface area contributed by atoms with Crippen LogP contribution < -0.4 is 19.3 Å². The number of hydrogen-bond donors (Lipinski definition) is 0. The molecule has 0 unspecified atom stereocenters. The van der Waals surface area contributed by atoms with Gasteiger partial charge >= 0.3 is 0 Å². The molecule has 0 aliphatic heterocycles. The normalized spacial score (nSPS) is 10.7. The summed E-state index contributed by atoms with van der Waals surface area (Å²) in [6.45, 7) is 4.36. The van der Waals surface area contributed by atoms with Crippen LogP contribution in [0.4, 0.5) is 34.1 Å². The molecule has 6 aromatic rings. The van der Waals surface area contributed by atoms with E-state index in [1.807, 2.05) is 36.4 Å². The summed E-state index contributed by atoms with van der Waals surface area (Å²) < 4.78 is 10.8. The minimum Gasteiger partial charge on any atom is -0.497 e. The summed E-state index contributed by atoms with van der Waals surface area (Å²) in [4.78, 5) is 4.58. The van der Waals surface area contributed by atoms with Crippen LogP contribution in [0.15, 0.2) is 146 Å². The van der Waals surface area contributed by atoms with E-state index in [9.17, 15) is 0 Å². The van der Waals surface area contributed by atoms with Gasteiger partial charge in [0.25, 0.3) is 0 Å². The van der Waals surface area contributed by atoms with Gasteiger partial charge in [-0.05, 0) is 133 Å². The maximum Gasteiger partial charge on any atom is 0.119 e. The molecule has 6 aromatic carbocycles. The summed E-state index contributed by atoms with van der Waals surface area (Å²) in [6, 6.07) is 50.8. The summed E-state index contributed by atoms with van der Waals surface area (Å²) >= 11 is 0. The van der Waals surface area contributed by atoms with Gasteiger partial charge in [-0.25, -0.2) is 0 Å². The first-order valence-electron chi connectivity index (χ1n) is 14.8. The Balaban J connectivity index is 1.36. The Morgan fingerprint density at radius 1 is 0.386 bits per heavy atom. The zero-order valence-corrected chi connectivity index (χ0v) is 25.6. The molecule has 0 aliphatic rings. The van der Waals surface area contributed by atoms with E-state index in [0.717, 1.165) is 45.6 Å². The summed E-state index contributed by atoms with van der Waals surface area (Å²) in [6.07, 6.45) is 0. The Bertz CT molecular complexity index is 1700. The second kappa shape index (κ2) is 12.8. The van der Waals surface area contributed by atoms with Gasteiger partial charge in [0.15, 0.2) is 0 Å². The Hall–Kier alpha value is -5.48. The molecular formula is C40H36N2O2. The van der Waals surface area contributed by atoms with E-state index in [1.165, 1.54) is 22.3 Å². The van der Waals surface area contributed by atoms with Crippen LogP contribution in [0.3, 0.4) is 0 Å². The molecule has 4 nitrogen and oxygen atoms in total. The molecule has 0 bridgehead atoms. The van der Waals surface area contributed by atoms with Crippen molar-refractivity contribution in [1.29, 1.82) is 0 Å². The van der Waals surface area contributed by atoms with Crippen molar-refractivity contribution in [2.45, 2.75) is 13.8 Å². The number of benzene rings is 6. The standard InChI is InChI=1S/C40H36N2O2/c1-29-27-31(15-25-39(29)41(33-11-7-5-8-12-33)35-17-21-37(43-3)22-18-35)32-16-26-40(30(2)28-32)42(34-13-9-6-10-14-34)36-19-23-38(44-4)24-20-36/h5-28H,1-4H3. The molecule has 0 saturated carbocycles. The van der Waals surface area contributed by atoms with Crippen LogP contribution in [0.25, 0.3) is 11.1 Å². The number of para-hydroxylation sites is 2. The molecule has 218 valence electrons. The van der Waals surface area contributed by atoms with E-state index in [2.05, 4.69) is 133 Å². The zero-order valence-electron chi connectivity index (χ0n) is 25.6. The third kappa shape index (κ3) is 5.88. The Kier molecular flexibility index (Phi) is 8.33. The average molecular weight is 577 g/mol. The number of aryl methyl sites for hydroxylation is 2. The number of methoxy groups -OCH3 is 2. The van der Waals surface area contributed by atoms with Crippen molar-refractivity contribution < 1.29 is 9.47 Å². The van der Waals surface area contributed by atoms with Gasteiger partial charge in [-0.2, -0.15) is 0 Å². The molecular weight excluding hydrogens is 540 g/mol. The molecule has 44 heavy (non-hydrogen) atoms. The van der Waals surface area contributed by atoms with Gasteiger partial charge in [-0.3, -0.25) is 0 Å². The summed E-state index contributed by atoms with van der Waals surface area (Å²) in [5.41, 5.74) is 11.4. The van der Waals surface area contributed by atoms with E-state index >= 15 is 0 Å². The van der Waals surface area contributed by atoms with Crippen molar-refractivity contribution in [1.82, 2.24) is 0 Å². The third-order valence-corrected chi connectivity index (χ3v) is 7.90. The zero-order chi connectivity index (χ0) is 30.5. The van der Waals surface area contributed by atoms with Crippen molar-refractivity contribution in [3.63, 3.8) is 0 Å². The van der Waals surface area contributed by atoms with Crippen LogP contribution in [-0.2, 0) is 0 Å². The predicted molar refractivity (Wildman–Crippen MR) is 184 cm³/mol. The van der Waals surface area contributed by atoms with Crippen LogP contribution in [0.2, 0.25) is 0 Å². The topological polar surface area (TPSA) is 24.9 Å². The second-order valence-electron chi connectivity index (χ2n) is 10.7. The number of ether oxygens (including phenoxy) is 2. The maximum absolute atomic E-state index is 5.41. The molecule has 4 heteroatoms. The Morgan fingerprint density at radius 3 is 1.05 bits per heavy atom. The molecule has 0 radical (unpaired) electrons. The first-order valence-corrected chi connectivity index (χ1v) is 14.8. The van der Waals surface area contributed by atoms with Crippen molar-refractivity contribution in [2.24, 2.45) is 0 Å². The van der Waals surface area contributed by atoms with E-state index < -0.39 is 0 Å². The lowest BCUT2D eigenvalue weighted by molar-refractivity contribution is 0.414. The van der Waals surface area contributed by atoms with Crippen LogP contribution >= 0.6 is 0 Å². The highest BCUT2D eigenvalue weighted by molar-refractivity contribution is 5.83. The summed E-state index contributed by atoms with van der Waals surface area (Å²) in [5.74, 6) is 1.68. The summed E-state index contributed by atoms with van der Waals surface area (Å²) in [5, 5.41) is 0. The number of nitrogens with zero attached hydrogens (tertiary/aromatic N) is 2. The fraction of sp³-hybridized carbons (Fsp3) is 0.100. The lowest BCUT2D eigenvalue weighted by atomic mass is 9.98. The van der Waals surface area contributed by atoms with E-state index in [1.54, 1.807) is 14.2 Å². The van der Waals surface area contributed by atoms with Crippen LogP contribution in [0.5, 0.6) is 11.5 Å². The SMILES string of the molecule is COc1ccc(N(c2ccccc2)c2ccc(-c3ccc(N(c4ccccc4)c4ccc(OC)cc4)c(C)c3)cc2C)cc1. The highest BCUT2D eigenvalue weighted by atomic mass is 16.5. The van der Waals surface area contributed by atoms with Crippen molar-refractivity contribution in [3.8, 4) is 22.6 Å². The fourth-order valence-corrected chi connectivity index (χ4v) is 5.64. The lowest BCUT2D eigenvalue weighted by Crippen LogP contribution is -2.11. The van der Waals surface area contributed by atoms with Crippen molar-refractivity contribution in [3.05, 3.63) is 157 Å². The van der Waals surface area contributed by atoms with Crippen molar-refractivity contribution >= 4 is 34.1 Å². The number of anilines is 6. The second-order valence-corrected chi connectivity index (χ2v) is 10.7. The fourth-order valence-electron chi connectivity index (χ4n) is 5.64. The quantitative estimate of drug-likeness (QED) is 0.171.